The van der Waals surface area contributed by atoms with Crippen LogP contribution in [-0.2, 0) is 11.2 Å². The van der Waals surface area contributed by atoms with Crippen molar-refractivity contribution in [3.05, 3.63) is 29.8 Å². The van der Waals surface area contributed by atoms with Crippen LogP contribution in [0.25, 0.3) is 0 Å². The highest BCUT2D eigenvalue weighted by Gasteiger charge is 2.47. The maximum atomic E-state index is 12.9. The van der Waals surface area contributed by atoms with Gasteiger partial charge in [0.15, 0.2) is 0 Å². The number of anilines is 1. The zero-order valence-electron chi connectivity index (χ0n) is 11.8. The first-order valence-electron chi connectivity index (χ1n) is 7.23. The van der Waals surface area contributed by atoms with Gasteiger partial charge in [0, 0.05) is 18.8 Å². The van der Waals surface area contributed by atoms with E-state index in [-0.39, 0.29) is 5.41 Å². The third-order valence-electron chi connectivity index (χ3n) is 4.30. The minimum atomic E-state index is -0.191. The molecular formula is C16H22N2O. The fourth-order valence-corrected chi connectivity index (χ4v) is 3.38. The van der Waals surface area contributed by atoms with Crippen molar-refractivity contribution in [3.63, 3.8) is 0 Å². The number of carbonyl (C=O) groups is 1. The second-order valence-corrected chi connectivity index (χ2v) is 6.32. The summed E-state index contributed by atoms with van der Waals surface area (Å²) in [7, 11) is 0. The second-order valence-electron chi connectivity index (χ2n) is 6.32. The first kappa shape index (κ1) is 12.7. The summed E-state index contributed by atoms with van der Waals surface area (Å²) in [6.07, 6.45) is 1.86. The average Bonchev–Trinajstić information content (AvgIpc) is 2.84. The van der Waals surface area contributed by atoms with Crippen molar-refractivity contribution >= 4 is 11.6 Å². The molecule has 2 heterocycles. The van der Waals surface area contributed by atoms with Gasteiger partial charge in [-0.3, -0.25) is 4.79 Å². The summed E-state index contributed by atoms with van der Waals surface area (Å²) in [5.41, 5.74) is 2.26. The van der Waals surface area contributed by atoms with Gasteiger partial charge in [0.05, 0.1) is 5.41 Å². The molecule has 1 fully saturated rings. The summed E-state index contributed by atoms with van der Waals surface area (Å²) in [6.45, 7) is 6.95. The molecule has 0 aliphatic carbocycles. The fraction of sp³-hybridized carbons (Fsp3) is 0.562. The summed E-state index contributed by atoms with van der Waals surface area (Å²) in [6, 6.07) is 8.38. The molecule has 2 aliphatic rings. The summed E-state index contributed by atoms with van der Waals surface area (Å²) in [4.78, 5) is 15.0. The van der Waals surface area contributed by atoms with E-state index < -0.39 is 0 Å². The van der Waals surface area contributed by atoms with Crippen molar-refractivity contribution in [1.82, 2.24) is 5.32 Å². The van der Waals surface area contributed by atoms with Gasteiger partial charge in [-0.2, -0.15) is 0 Å². The highest BCUT2D eigenvalue weighted by molar-refractivity contribution is 6.01. The minimum absolute atomic E-state index is 0.191. The Kier molecular flexibility index (Phi) is 3.09. The Balaban J connectivity index is 2.03. The molecule has 1 aromatic carbocycles. The molecule has 1 N–H and O–H groups in total. The van der Waals surface area contributed by atoms with Crippen LogP contribution in [0.15, 0.2) is 24.3 Å². The molecule has 1 spiro atoms. The van der Waals surface area contributed by atoms with Crippen LogP contribution in [0.2, 0.25) is 0 Å². The van der Waals surface area contributed by atoms with Crippen LogP contribution >= 0.6 is 0 Å². The van der Waals surface area contributed by atoms with Crippen molar-refractivity contribution < 1.29 is 4.79 Å². The lowest BCUT2D eigenvalue weighted by molar-refractivity contribution is -0.128. The molecule has 0 aromatic heterocycles. The predicted octanol–water partition coefficient (Wildman–Crippen LogP) is 2.21. The molecule has 1 amide bonds. The Morgan fingerprint density at radius 1 is 1.37 bits per heavy atom. The van der Waals surface area contributed by atoms with Crippen LogP contribution in [0.4, 0.5) is 5.69 Å². The largest absolute Gasteiger partial charge is 0.316 e. The van der Waals surface area contributed by atoms with E-state index in [4.69, 9.17) is 0 Å². The number of para-hydroxylation sites is 1. The Labute approximate surface area is 115 Å². The maximum Gasteiger partial charge on any atom is 0.234 e. The zero-order valence-corrected chi connectivity index (χ0v) is 11.8. The van der Waals surface area contributed by atoms with Gasteiger partial charge in [0.2, 0.25) is 5.91 Å². The molecule has 102 valence electrons. The first-order chi connectivity index (χ1) is 9.12. The van der Waals surface area contributed by atoms with E-state index in [1.807, 2.05) is 11.0 Å². The Hall–Kier alpha value is -1.35. The number of rotatable bonds is 2. The summed E-state index contributed by atoms with van der Waals surface area (Å²) in [5.74, 6) is 0.811. The van der Waals surface area contributed by atoms with Crippen molar-refractivity contribution in [2.45, 2.75) is 26.7 Å². The smallest absolute Gasteiger partial charge is 0.234 e. The van der Waals surface area contributed by atoms with E-state index in [0.717, 1.165) is 38.2 Å². The normalized spacial score (nSPS) is 26.3. The summed E-state index contributed by atoms with van der Waals surface area (Å²) in [5, 5.41) is 3.37. The number of carbonyl (C=O) groups excluding carboxylic acids is 1. The third-order valence-corrected chi connectivity index (χ3v) is 4.30. The van der Waals surface area contributed by atoms with E-state index in [1.54, 1.807) is 0 Å². The maximum absolute atomic E-state index is 12.9. The van der Waals surface area contributed by atoms with Gasteiger partial charge in [0.1, 0.15) is 0 Å². The zero-order chi connectivity index (χ0) is 13.5. The number of nitrogens with one attached hydrogen (secondary N) is 1. The molecule has 1 saturated heterocycles. The average molecular weight is 258 g/mol. The first-order valence-corrected chi connectivity index (χ1v) is 7.23. The standard InChI is InChI=1S/C16H22N2O/c1-12(2)10-18-14-6-4-3-5-13(14)9-16(15(18)19)7-8-17-11-16/h3-6,12,17H,7-11H2,1-2H3. The highest BCUT2D eigenvalue weighted by atomic mass is 16.2. The highest BCUT2D eigenvalue weighted by Crippen LogP contribution is 2.41. The van der Waals surface area contributed by atoms with Crippen LogP contribution < -0.4 is 10.2 Å². The van der Waals surface area contributed by atoms with E-state index in [2.05, 4.69) is 37.4 Å². The van der Waals surface area contributed by atoms with Crippen molar-refractivity contribution in [2.75, 3.05) is 24.5 Å². The van der Waals surface area contributed by atoms with E-state index in [9.17, 15) is 4.79 Å². The van der Waals surface area contributed by atoms with Crippen LogP contribution in [0.3, 0.4) is 0 Å². The van der Waals surface area contributed by atoms with Crippen LogP contribution in [0, 0.1) is 11.3 Å². The number of hydrogen-bond donors (Lipinski definition) is 1. The number of hydrogen-bond acceptors (Lipinski definition) is 2. The van der Waals surface area contributed by atoms with Gasteiger partial charge in [-0.15, -0.1) is 0 Å². The second kappa shape index (κ2) is 4.64. The molecule has 0 radical (unpaired) electrons. The van der Waals surface area contributed by atoms with Gasteiger partial charge >= 0.3 is 0 Å². The lowest BCUT2D eigenvalue weighted by Gasteiger charge is -2.41. The number of benzene rings is 1. The van der Waals surface area contributed by atoms with Gasteiger partial charge in [-0.1, -0.05) is 32.0 Å². The molecule has 2 aliphatic heterocycles. The van der Waals surface area contributed by atoms with Crippen molar-refractivity contribution in [3.8, 4) is 0 Å². The van der Waals surface area contributed by atoms with Gasteiger partial charge in [-0.05, 0) is 36.9 Å². The van der Waals surface area contributed by atoms with Crippen molar-refractivity contribution in [2.24, 2.45) is 11.3 Å². The molecule has 0 bridgehead atoms. The minimum Gasteiger partial charge on any atom is -0.316 e. The number of fused-ring (bicyclic) bond motifs is 1. The molecule has 1 unspecified atom stereocenters. The molecule has 19 heavy (non-hydrogen) atoms. The molecular weight excluding hydrogens is 236 g/mol. The van der Waals surface area contributed by atoms with E-state index >= 15 is 0 Å². The summed E-state index contributed by atoms with van der Waals surface area (Å²) < 4.78 is 0. The van der Waals surface area contributed by atoms with Crippen LogP contribution in [0.5, 0.6) is 0 Å². The molecule has 3 nitrogen and oxygen atoms in total. The molecule has 1 atom stereocenters. The SMILES string of the molecule is CC(C)CN1C(=O)C2(CCNC2)Cc2ccccc21. The van der Waals surface area contributed by atoms with E-state index in [1.165, 1.54) is 5.56 Å². The topological polar surface area (TPSA) is 32.3 Å². The third kappa shape index (κ3) is 2.06. The Morgan fingerprint density at radius 3 is 2.84 bits per heavy atom. The van der Waals surface area contributed by atoms with Crippen molar-refractivity contribution in [1.29, 1.82) is 0 Å². The monoisotopic (exact) mass is 258 g/mol. The number of nitrogens with zero attached hydrogens (tertiary/aromatic N) is 1. The van der Waals surface area contributed by atoms with Crippen LogP contribution in [-0.4, -0.2) is 25.5 Å². The summed E-state index contributed by atoms with van der Waals surface area (Å²) >= 11 is 0. The molecule has 3 rings (SSSR count). The molecule has 0 saturated carbocycles. The lowest BCUT2D eigenvalue weighted by Crippen LogP contribution is -2.51. The molecule has 1 aromatic rings. The van der Waals surface area contributed by atoms with Gasteiger partial charge in [-0.25, -0.2) is 0 Å². The van der Waals surface area contributed by atoms with Gasteiger partial charge in [0.25, 0.3) is 0 Å². The Bertz CT molecular complexity index is 489. The van der Waals surface area contributed by atoms with Crippen LogP contribution in [0.1, 0.15) is 25.8 Å². The lowest BCUT2D eigenvalue weighted by atomic mass is 9.76. The van der Waals surface area contributed by atoms with Gasteiger partial charge < -0.3 is 10.2 Å². The molecule has 3 heteroatoms. The number of amides is 1. The fourth-order valence-electron chi connectivity index (χ4n) is 3.38. The quantitative estimate of drug-likeness (QED) is 0.882. The predicted molar refractivity (Wildman–Crippen MR) is 77.3 cm³/mol. The van der Waals surface area contributed by atoms with E-state index in [0.29, 0.717) is 11.8 Å². The Morgan fingerprint density at radius 2 is 2.16 bits per heavy atom.